The molecular formula is C24H27N9O2. The van der Waals surface area contributed by atoms with E-state index < -0.39 is 0 Å². The van der Waals surface area contributed by atoms with Gasteiger partial charge < -0.3 is 20.7 Å². The van der Waals surface area contributed by atoms with Crippen molar-refractivity contribution in [3.8, 4) is 11.1 Å². The van der Waals surface area contributed by atoms with Crippen molar-refractivity contribution in [2.45, 2.75) is 38.8 Å². The van der Waals surface area contributed by atoms with Gasteiger partial charge in [-0.15, -0.1) is 0 Å². The number of carbonyl (C=O) groups excluding carboxylic acids is 1. The highest BCUT2D eigenvalue weighted by atomic mass is 16.5. The summed E-state index contributed by atoms with van der Waals surface area (Å²) in [6, 6.07) is 9.84. The predicted molar refractivity (Wildman–Crippen MR) is 132 cm³/mol. The molecular weight excluding hydrogens is 446 g/mol. The molecule has 1 saturated heterocycles. The number of benzene rings is 1. The molecule has 3 aromatic heterocycles. The average molecular weight is 474 g/mol. The molecule has 4 heterocycles. The maximum Gasteiger partial charge on any atom is 0.229 e. The molecule has 1 fully saturated rings. The number of ether oxygens (including phenoxy) is 1. The molecule has 0 saturated carbocycles. The lowest BCUT2D eigenvalue weighted by Gasteiger charge is -2.23. The molecule has 0 bridgehead atoms. The maximum atomic E-state index is 11.6. The van der Waals surface area contributed by atoms with Gasteiger partial charge in [0.25, 0.3) is 0 Å². The average Bonchev–Trinajstić information content (AvgIpc) is 3.33. The van der Waals surface area contributed by atoms with E-state index in [0.717, 1.165) is 48.4 Å². The summed E-state index contributed by atoms with van der Waals surface area (Å²) in [5.74, 6) is 1.09. The Hall–Kier alpha value is -4.12. The third-order valence-electron chi connectivity index (χ3n) is 5.83. The fraction of sp³-hybridized carbons (Fsp3) is 0.333. The van der Waals surface area contributed by atoms with E-state index in [0.29, 0.717) is 30.5 Å². The number of rotatable bonds is 8. The number of hydrogen-bond acceptors (Lipinski definition) is 9. The molecule has 0 atom stereocenters. The molecule has 0 spiro atoms. The molecule has 1 aliphatic rings. The number of nitrogens with zero attached hydrogens (tertiary/aromatic N) is 6. The summed E-state index contributed by atoms with van der Waals surface area (Å²) in [6.07, 6.45) is 7.34. The summed E-state index contributed by atoms with van der Waals surface area (Å²) in [7, 11) is 0. The van der Waals surface area contributed by atoms with Crippen molar-refractivity contribution in [3.63, 3.8) is 0 Å². The maximum absolute atomic E-state index is 11.6. The van der Waals surface area contributed by atoms with E-state index >= 15 is 0 Å². The Labute approximate surface area is 202 Å². The van der Waals surface area contributed by atoms with Crippen molar-refractivity contribution in [3.05, 3.63) is 54.5 Å². The zero-order valence-corrected chi connectivity index (χ0v) is 19.4. The van der Waals surface area contributed by atoms with E-state index in [9.17, 15) is 4.79 Å². The van der Waals surface area contributed by atoms with Crippen LogP contribution in [0.1, 0.15) is 31.7 Å². The first-order chi connectivity index (χ1) is 17.2. The van der Waals surface area contributed by atoms with E-state index in [-0.39, 0.29) is 11.9 Å². The van der Waals surface area contributed by atoms with Gasteiger partial charge in [0.05, 0.1) is 18.6 Å². The fourth-order valence-corrected chi connectivity index (χ4v) is 3.87. The van der Waals surface area contributed by atoms with Gasteiger partial charge in [-0.25, -0.2) is 0 Å². The number of fused-ring (bicyclic) bond motifs is 1. The Bertz CT molecular complexity index is 1290. The zero-order chi connectivity index (χ0) is 24.0. The third-order valence-corrected chi connectivity index (χ3v) is 5.83. The smallest absolute Gasteiger partial charge is 0.229 e. The topological polar surface area (TPSA) is 131 Å². The van der Waals surface area contributed by atoms with Crippen LogP contribution in [0.5, 0.6) is 0 Å². The standard InChI is InChI=1S/C24H27N9O2/c1-2-21(34)29-18-5-3-16(4-6-18)13-25-24-32-23(30-19-8-11-35-12-9-19)31-22-20(15-28-33(22)24)17-7-10-26-27-14-17/h3-7,10,14-15,19H,2,8-9,11-13H2,1H3,(H,29,34)(H2,25,30,31,32). The van der Waals surface area contributed by atoms with E-state index in [2.05, 4.69) is 31.2 Å². The Kier molecular flexibility index (Phi) is 6.75. The summed E-state index contributed by atoms with van der Waals surface area (Å²) < 4.78 is 7.17. The number of amides is 1. The molecule has 180 valence electrons. The van der Waals surface area contributed by atoms with Crippen LogP contribution in [-0.2, 0) is 16.1 Å². The lowest BCUT2D eigenvalue weighted by molar-refractivity contribution is -0.115. The molecule has 1 aromatic carbocycles. The second-order valence-electron chi connectivity index (χ2n) is 8.28. The molecule has 1 amide bonds. The van der Waals surface area contributed by atoms with Gasteiger partial charge in [-0.1, -0.05) is 19.1 Å². The number of hydrogen-bond donors (Lipinski definition) is 3. The third kappa shape index (κ3) is 5.35. The van der Waals surface area contributed by atoms with Crippen LogP contribution < -0.4 is 16.0 Å². The number of aromatic nitrogens is 6. The van der Waals surface area contributed by atoms with E-state index in [4.69, 9.17) is 14.7 Å². The van der Waals surface area contributed by atoms with Crippen LogP contribution in [0.3, 0.4) is 0 Å². The van der Waals surface area contributed by atoms with E-state index in [1.165, 1.54) is 0 Å². The minimum Gasteiger partial charge on any atom is -0.381 e. The lowest BCUT2D eigenvalue weighted by atomic mass is 10.1. The minimum absolute atomic E-state index is 0.0114. The van der Waals surface area contributed by atoms with Crippen LogP contribution >= 0.6 is 0 Å². The van der Waals surface area contributed by atoms with Gasteiger partial charge in [0, 0.05) is 49.0 Å². The Balaban J connectivity index is 1.41. The van der Waals surface area contributed by atoms with Crippen molar-refractivity contribution in [1.82, 2.24) is 29.8 Å². The summed E-state index contributed by atoms with van der Waals surface area (Å²) in [6.45, 7) is 3.80. The Morgan fingerprint density at radius 3 is 2.66 bits per heavy atom. The Morgan fingerprint density at radius 1 is 1.09 bits per heavy atom. The van der Waals surface area contributed by atoms with Gasteiger partial charge in [-0.3, -0.25) is 4.79 Å². The monoisotopic (exact) mass is 473 g/mol. The van der Waals surface area contributed by atoms with Crippen LogP contribution in [0, 0.1) is 0 Å². The fourth-order valence-electron chi connectivity index (χ4n) is 3.87. The van der Waals surface area contributed by atoms with Crippen molar-refractivity contribution >= 4 is 29.1 Å². The summed E-state index contributed by atoms with van der Waals surface area (Å²) in [5, 5.41) is 22.1. The van der Waals surface area contributed by atoms with Crippen LogP contribution in [0.15, 0.2) is 48.9 Å². The summed E-state index contributed by atoms with van der Waals surface area (Å²) in [5.41, 5.74) is 4.20. The van der Waals surface area contributed by atoms with Crippen molar-refractivity contribution in [2.24, 2.45) is 0 Å². The van der Waals surface area contributed by atoms with E-state index in [1.54, 1.807) is 23.1 Å². The van der Waals surface area contributed by atoms with Crippen LogP contribution in [-0.4, -0.2) is 54.9 Å². The van der Waals surface area contributed by atoms with Gasteiger partial charge in [-0.2, -0.15) is 29.8 Å². The number of nitrogens with one attached hydrogen (secondary N) is 3. The molecule has 11 nitrogen and oxygen atoms in total. The largest absolute Gasteiger partial charge is 0.381 e. The summed E-state index contributed by atoms with van der Waals surface area (Å²) >= 11 is 0. The van der Waals surface area contributed by atoms with Gasteiger partial charge in [0.15, 0.2) is 5.65 Å². The molecule has 11 heteroatoms. The molecule has 35 heavy (non-hydrogen) atoms. The normalized spacial score (nSPS) is 14.1. The molecule has 0 unspecified atom stereocenters. The highest BCUT2D eigenvalue weighted by Crippen LogP contribution is 2.25. The molecule has 4 aromatic rings. The van der Waals surface area contributed by atoms with Crippen molar-refractivity contribution in [2.75, 3.05) is 29.2 Å². The second kappa shape index (κ2) is 10.4. The first-order valence-corrected chi connectivity index (χ1v) is 11.7. The highest BCUT2D eigenvalue weighted by Gasteiger charge is 2.18. The molecule has 3 N–H and O–H groups in total. The predicted octanol–water partition coefficient (Wildman–Crippen LogP) is 3.13. The van der Waals surface area contributed by atoms with Gasteiger partial charge in [-0.05, 0) is 36.6 Å². The molecule has 0 aliphatic carbocycles. The van der Waals surface area contributed by atoms with Crippen molar-refractivity contribution in [1.29, 1.82) is 0 Å². The van der Waals surface area contributed by atoms with Gasteiger partial charge >= 0.3 is 0 Å². The minimum atomic E-state index is -0.0114. The lowest BCUT2D eigenvalue weighted by Crippen LogP contribution is -2.29. The highest BCUT2D eigenvalue weighted by molar-refractivity contribution is 5.90. The van der Waals surface area contributed by atoms with Crippen molar-refractivity contribution < 1.29 is 9.53 Å². The van der Waals surface area contributed by atoms with Gasteiger partial charge in [0.1, 0.15) is 0 Å². The summed E-state index contributed by atoms with van der Waals surface area (Å²) in [4.78, 5) is 21.1. The van der Waals surface area contributed by atoms with Gasteiger partial charge in [0.2, 0.25) is 17.8 Å². The second-order valence-corrected chi connectivity index (χ2v) is 8.28. The quantitative estimate of drug-likeness (QED) is 0.353. The van der Waals surface area contributed by atoms with Crippen LogP contribution in [0.2, 0.25) is 0 Å². The van der Waals surface area contributed by atoms with E-state index in [1.807, 2.05) is 37.3 Å². The van der Waals surface area contributed by atoms with Crippen LogP contribution in [0.4, 0.5) is 17.6 Å². The molecule has 5 rings (SSSR count). The van der Waals surface area contributed by atoms with Crippen LogP contribution in [0.25, 0.3) is 16.8 Å². The first kappa shape index (κ1) is 22.7. The zero-order valence-electron chi connectivity index (χ0n) is 19.4. The molecule has 1 aliphatic heterocycles. The SMILES string of the molecule is CCC(=O)Nc1ccc(CNc2nc(NC3CCOCC3)nc3c(-c4ccnnc4)cnn23)cc1. The first-order valence-electron chi connectivity index (χ1n) is 11.7. The number of carbonyl (C=O) groups is 1. The molecule has 0 radical (unpaired) electrons. The Morgan fingerprint density at radius 2 is 1.91 bits per heavy atom. The number of anilines is 3.